The van der Waals surface area contributed by atoms with Crippen molar-refractivity contribution in [2.45, 2.75) is 39.2 Å². The van der Waals surface area contributed by atoms with Crippen LogP contribution in [0.2, 0.25) is 5.02 Å². The zero-order valence-corrected chi connectivity index (χ0v) is 13.5. The molecule has 0 radical (unpaired) electrons. The fourth-order valence-corrected chi connectivity index (χ4v) is 2.57. The van der Waals surface area contributed by atoms with E-state index < -0.39 is 0 Å². The molecule has 0 spiro atoms. The van der Waals surface area contributed by atoms with E-state index >= 15 is 0 Å². The van der Waals surface area contributed by atoms with E-state index in [2.05, 4.69) is 29.3 Å². The van der Waals surface area contributed by atoms with Crippen LogP contribution in [-0.2, 0) is 12.8 Å². The predicted molar refractivity (Wildman–Crippen MR) is 84.6 cm³/mol. The zero-order valence-electron chi connectivity index (χ0n) is 12.8. The van der Waals surface area contributed by atoms with Gasteiger partial charge >= 0.3 is 0 Å². The van der Waals surface area contributed by atoms with Gasteiger partial charge in [-0.25, -0.2) is 0 Å². The molecule has 0 saturated heterocycles. The van der Waals surface area contributed by atoms with Crippen LogP contribution in [0.15, 0.2) is 28.8 Å². The molecule has 5 heteroatoms. The lowest BCUT2D eigenvalue weighted by Crippen LogP contribution is -2.29. The summed E-state index contributed by atoms with van der Waals surface area (Å²) in [5, 5.41) is 8.08. The maximum Gasteiger partial charge on any atom is 0.228 e. The fourth-order valence-electron chi connectivity index (χ4n) is 2.36. The SMILES string of the molecule is CNC(Cc1nc(Cc2cccc(Cl)c2)no1)CC(C)C. The van der Waals surface area contributed by atoms with Crippen LogP contribution in [0.5, 0.6) is 0 Å². The average molecular weight is 308 g/mol. The minimum atomic E-state index is 0.365. The van der Waals surface area contributed by atoms with Gasteiger partial charge in [0.1, 0.15) is 0 Å². The van der Waals surface area contributed by atoms with E-state index in [0.717, 1.165) is 23.4 Å². The molecule has 2 aromatic rings. The molecule has 1 aromatic carbocycles. The Morgan fingerprint density at radius 3 is 2.81 bits per heavy atom. The van der Waals surface area contributed by atoms with Gasteiger partial charge in [0.25, 0.3) is 0 Å². The highest BCUT2D eigenvalue weighted by Gasteiger charge is 2.14. The maximum atomic E-state index is 5.98. The molecular formula is C16H22ClN3O. The molecule has 1 aromatic heterocycles. The van der Waals surface area contributed by atoms with E-state index in [-0.39, 0.29) is 0 Å². The van der Waals surface area contributed by atoms with Crippen molar-refractivity contribution in [2.75, 3.05) is 7.05 Å². The number of nitrogens with one attached hydrogen (secondary N) is 1. The molecule has 0 aliphatic heterocycles. The van der Waals surface area contributed by atoms with Gasteiger partial charge in [-0.1, -0.05) is 42.7 Å². The molecule has 21 heavy (non-hydrogen) atoms. The topological polar surface area (TPSA) is 51.0 Å². The molecule has 0 bridgehead atoms. The highest BCUT2D eigenvalue weighted by molar-refractivity contribution is 6.30. The molecule has 0 amide bonds. The number of rotatable bonds is 7. The normalized spacial score (nSPS) is 12.8. The van der Waals surface area contributed by atoms with E-state index in [1.807, 2.05) is 31.3 Å². The summed E-state index contributed by atoms with van der Waals surface area (Å²) >= 11 is 5.98. The van der Waals surface area contributed by atoms with Gasteiger partial charge in [-0.2, -0.15) is 4.98 Å². The van der Waals surface area contributed by atoms with Crippen molar-refractivity contribution >= 4 is 11.6 Å². The molecule has 1 atom stereocenters. The first-order valence-electron chi connectivity index (χ1n) is 7.30. The monoisotopic (exact) mass is 307 g/mol. The predicted octanol–water partition coefficient (Wildman–Crippen LogP) is 3.49. The second-order valence-electron chi connectivity index (χ2n) is 5.73. The average Bonchev–Trinajstić information content (AvgIpc) is 2.84. The van der Waals surface area contributed by atoms with Gasteiger partial charge in [-0.05, 0) is 37.1 Å². The van der Waals surface area contributed by atoms with Crippen LogP contribution in [0.1, 0.15) is 37.5 Å². The largest absolute Gasteiger partial charge is 0.339 e. The Morgan fingerprint density at radius 1 is 1.33 bits per heavy atom. The third kappa shape index (κ3) is 5.14. The number of aromatic nitrogens is 2. The van der Waals surface area contributed by atoms with Gasteiger partial charge in [-0.3, -0.25) is 0 Å². The molecule has 2 rings (SSSR count). The van der Waals surface area contributed by atoms with Crippen LogP contribution in [0.25, 0.3) is 0 Å². The number of likely N-dealkylation sites (N-methyl/N-ethyl adjacent to an activating group) is 1. The highest BCUT2D eigenvalue weighted by Crippen LogP contribution is 2.14. The third-order valence-electron chi connectivity index (χ3n) is 3.35. The van der Waals surface area contributed by atoms with E-state index in [0.29, 0.717) is 30.1 Å². The zero-order chi connectivity index (χ0) is 15.2. The number of halogens is 1. The van der Waals surface area contributed by atoms with Gasteiger partial charge in [0.05, 0.1) is 0 Å². The molecule has 114 valence electrons. The number of nitrogens with zero attached hydrogens (tertiary/aromatic N) is 2. The van der Waals surface area contributed by atoms with E-state index in [1.165, 1.54) is 0 Å². The molecule has 0 saturated carbocycles. The molecule has 1 N–H and O–H groups in total. The summed E-state index contributed by atoms with van der Waals surface area (Å²) in [4.78, 5) is 4.47. The molecule has 1 unspecified atom stereocenters. The van der Waals surface area contributed by atoms with Gasteiger partial charge in [0.15, 0.2) is 5.82 Å². The van der Waals surface area contributed by atoms with Crippen LogP contribution >= 0.6 is 11.6 Å². The van der Waals surface area contributed by atoms with Gasteiger partial charge in [-0.15, -0.1) is 0 Å². The lowest BCUT2D eigenvalue weighted by Gasteiger charge is -2.15. The number of hydrogen-bond acceptors (Lipinski definition) is 4. The van der Waals surface area contributed by atoms with Gasteiger partial charge in [0.2, 0.25) is 5.89 Å². The summed E-state index contributed by atoms with van der Waals surface area (Å²) in [6.45, 7) is 4.42. The molecule has 4 nitrogen and oxygen atoms in total. The Morgan fingerprint density at radius 2 is 2.14 bits per heavy atom. The molecular weight excluding hydrogens is 286 g/mol. The summed E-state index contributed by atoms with van der Waals surface area (Å²) in [6, 6.07) is 8.09. The van der Waals surface area contributed by atoms with Gasteiger partial charge in [0, 0.05) is 23.9 Å². The first kappa shape index (κ1) is 16.0. The number of hydrogen-bond donors (Lipinski definition) is 1. The van der Waals surface area contributed by atoms with Crippen molar-refractivity contribution in [3.8, 4) is 0 Å². The van der Waals surface area contributed by atoms with Crippen LogP contribution < -0.4 is 5.32 Å². The second-order valence-corrected chi connectivity index (χ2v) is 6.17. The summed E-state index contributed by atoms with van der Waals surface area (Å²) in [5.74, 6) is 2.02. The third-order valence-corrected chi connectivity index (χ3v) is 3.58. The molecule has 0 aliphatic carbocycles. The van der Waals surface area contributed by atoms with Crippen molar-refractivity contribution in [3.63, 3.8) is 0 Å². The van der Waals surface area contributed by atoms with E-state index in [4.69, 9.17) is 16.1 Å². The summed E-state index contributed by atoms with van der Waals surface area (Å²) < 4.78 is 5.35. The van der Waals surface area contributed by atoms with Crippen molar-refractivity contribution < 1.29 is 4.52 Å². The smallest absolute Gasteiger partial charge is 0.228 e. The van der Waals surface area contributed by atoms with Crippen LogP contribution in [0.4, 0.5) is 0 Å². The summed E-state index contributed by atoms with van der Waals surface area (Å²) in [5.41, 5.74) is 1.09. The van der Waals surface area contributed by atoms with Crippen LogP contribution in [-0.4, -0.2) is 23.2 Å². The Bertz CT molecular complexity index is 568. The van der Waals surface area contributed by atoms with E-state index in [1.54, 1.807) is 0 Å². The summed E-state index contributed by atoms with van der Waals surface area (Å²) in [6.07, 6.45) is 2.48. The van der Waals surface area contributed by atoms with Crippen molar-refractivity contribution in [3.05, 3.63) is 46.6 Å². The lowest BCUT2D eigenvalue weighted by atomic mass is 10.0. The standard InChI is InChI=1S/C16H22ClN3O/c1-11(2)7-14(18-3)10-16-19-15(20-21-16)9-12-5-4-6-13(17)8-12/h4-6,8,11,14,18H,7,9-10H2,1-3H3. The minimum Gasteiger partial charge on any atom is -0.339 e. The summed E-state index contributed by atoms with van der Waals surface area (Å²) in [7, 11) is 1.97. The van der Waals surface area contributed by atoms with Crippen LogP contribution in [0, 0.1) is 5.92 Å². The van der Waals surface area contributed by atoms with Gasteiger partial charge < -0.3 is 9.84 Å². The fraction of sp³-hybridized carbons (Fsp3) is 0.500. The Labute approximate surface area is 130 Å². The van der Waals surface area contributed by atoms with Crippen molar-refractivity contribution in [2.24, 2.45) is 5.92 Å². The quantitative estimate of drug-likeness (QED) is 0.850. The minimum absolute atomic E-state index is 0.365. The highest BCUT2D eigenvalue weighted by atomic mass is 35.5. The van der Waals surface area contributed by atoms with Crippen molar-refractivity contribution in [1.82, 2.24) is 15.5 Å². The maximum absolute atomic E-state index is 5.98. The molecule has 1 heterocycles. The molecule has 0 fully saturated rings. The van der Waals surface area contributed by atoms with Crippen molar-refractivity contribution in [1.29, 1.82) is 0 Å². The first-order valence-corrected chi connectivity index (χ1v) is 7.67. The van der Waals surface area contributed by atoms with Crippen LogP contribution in [0.3, 0.4) is 0 Å². The first-order chi connectivity index (χ1) is 10.1. The Kier molecular flexibility index (Phi) is 5.76. The Hall–Kier alpha value is -1.39. The Balaban J connectivity index is 1.97. The van der Waals surface area contributed by atoms with E-state index in [9.17, 15) is 0 Å². The number of benzene rings is 1. The second kappa shape index (κ2) is 7.57. The lowest BCUT2D eigenvalue weighted by molar-refractivity contribution is 0.342. The molecule has 0 aliphatic rings.